The van der Waals surface area contributed by atoms with Crippen molar-refractivity contribution in [3.63, 3.8) is 0 Å². The number of nitrogens with one attached hydrogen (secondary N) is 1. The number of hydrogen-bond donors (Lipinski definition) is 2. The third kappa shape index (κ3) is 4.72. The molecular formula is C12H23ClN4O2. The van der Waals surface area contributed by atoms with Crippen molar-refractivity contribution in [1.82, 2.24) is 15.1 Å². The molecule has 1 heterocycles. The van der Waals surface area contributed by atoms with Gasteiger partial charge in [0.1, 0.15) is 12.1 Å². The number of ether oxygens (including phenoxy) is 1. The molecule has 0 spiro atoms. The highest BCUT2D eigenvalue weighted by Gasteiger charge is 2.30. The number of halogens is 1. The number of aromatic nitrogens is 2. The first-order valence-corrected chi connectivity index (χ1v) is 6.18. The molecule has 0 aliphatic heterocycles. The van der Waals surface area contributed by atoms with Gasteiger partial charge in [-0.25, -0.2) is 0 Å². The molecule has 1 aromatic heterocycles. The topological polar surface area (TPSA) is 82.2 Å². The highest BCUT2D eigenvalue weighted by Crippen LogP contribution is 2.18. The van der Waals surface area contributed by atoms with Crippen LogP contribution in [0.2, 0.25) is 0 Å². The Morgan fingerprint density at radius 1 is 1.58 bits per heavy atom. The van der Waals surface area contributed by atoms with Gasteiger partial charge in [0.05, 0.1) is 12.4 Å². The molecule has 0 fully saturated rings. The van der Waals surface area contributed by atoms with Gasteiger partial charge >= 0.3 is 0 Å². The molecule has 0 radical (unpaired) electrons. The van der Waals surface area contributed by atoms with Crippen molar-refractivity contribution < 1.29 is 9.53 Å². The van der Waals surface area contributed by atoms with Crippen molar-refractivity contribution in [1.29, 1.82) is 0 Å². The molecule has 110 valence electrons. The molecule has 0 unspecified atom stereocenters. The number of carbonyl (C=O) groups excluding carboxylic acids is 1. The molecule has 0 bridgehead atoms. The number of carbonyl (C=O) groups is 1. The van der Waals surface area contributed by atoms with E-state index in [1.807, 2.05) is 20.8 Å². The average Bonchev–Trinajstić information content (AvgIpc) is 2.82. The summed E-state index contributed by atoms with van der Waals surface area (Å²) < 4.78 is 6.95. The molecule has 1 aromatic rings. The van der Waals surface area contributed by atoms with E-state index in [4.69, 9.17) is 10.5 Å². The second kappa shape index (κ2) is 8.01. The summed E-state index contributed by atoms with van der Waals surface area (Å²) in [6, 6.07) is 0. The van der Waals surface area contributed by atoms with Crippen molar-refractivity contribution in [2.45, 2.75) is 32.7 Å². The molecule has 19 heavy (non-hydrogen) atoms. The summed E-state index contributed by atoms with van der Waals surface area (Å²) in [5.41, 5.74) is 4.62. The maximum Gasteiger partial charge on any atom is 0.247 e. The number of nitrogens with two attached hydrogens (primary N) is 1. The normalized spacial score (nSPS) is 10.7. The van der Waals surface area contributed by atoms with Gasteiger partial charge < -0.3 is 15.8 Å². The van der Waals surface area contributed by atoms with Crippen LogP contribution in [0, 0.1) is 0 Å². The van der Waals surface area contributed by atoms with Crippen LogP contribution in [0.25, 0.3) is 0 Å². The lowest BCUT2D eigenvalue weighted by molar-refractivity contribution is -0.128. The molecule has 0 saturated carbocycles. The van der Waals surface area contributed by atoms with Crippen LogP contribution >= 0.6 is 12.4 Å². The minimum absolute atomic E-state index is 0. The Hall–Kier alpha value is -1.27. The third-order valence-corrected chi connectivity index (χ3v) is 2.61. The van der Waals surface area contributed by atoms with E-state index in [1.54, 1.807) is 17.1 Å². The molecular weight excluding hydrogens is 268 g/mol. The van der Waals surface area contributed by atoms with Crippen LogP contribution in [0.1, 0.15) is 27.2 Å². The van der Waals surface area contributed by atoms with Crippen LogP contribution in [0.5, 0.6) is 5.75 Å². The Bertz CT molecular complexity index is 393. The Kier molecular flexibility index (Phi) is 7.48. The van der Waals surface area contributed by atoms with Gasteiger partial charge in [-0.3, -0.25) is 9.48 Å². The summed E-state index contributed by atoms with van der Waals surface area (Å²) in [4.78, 5) is 12.0. The fourth-order valence-corrected chi connectivity index (χ4v) is 1.42. The van der Waals surface area contributed by atoms with Crippen molar-refractivity contribution in [3.05, 3.63) is 12.4 Å². The molecule has 0 atom stereocenters. The second-order valence-electron chi connectivity index (χ2n) is 4.57. The fraction of sp³-hybridized carbons (Fsp3) is 0.667. The van der Waals surface area contributed by atoms with E-state index >= 15 is 0 Å². The Labute approximate surface area is 120 Å². The average molecular weight is 291 g/mol. The molecule has 3 N–H and O–H groups in total. The lowest BCUT2D eigenvalue weighted by Gasteiger charge is -2.23. The molecule has 0 aliphatic rings. The van der Waals surface area contributed by atoms with Crippen LogP contribution in [0.15, 0.2) is 12.4 Å². The van der Waals surface area contributed by atoms with Crippen molar-refractivity contribution >= 4 is 18.3 Å². The highest BCUT2D eigenvalue weighted by molar-refractivity contribution is 5.85. The first-order valence-electron chi connectivity index (χ1n) is 6.18. The molecule has 0 aromatic carbocycles. The quantitative estimate of drug-likeness (QED) is 0.782. The number of hydrogen-bond acceptors (Lipinski definition) is 4. The fourth-order valence-electron chi connectivity index (χ4n) is 1.42. The van der Waals surface area contributed by atoms with Gasteiger partial charge in [0.2, 0.25) is 5.91 Å². The molecule has 0 aliphatic carbocycles. The van der Waals surface area contributed by atoms with Crippen molar-refractivity contribution in [2.24, 2.45) is 5.73 Å². The van der Waals surface area contributed by atoms with Crippen LogP contribution in [-0.4, -0.2) is 35.4 Å². The zero-order chi connectivity index (χ0) is 13.6. The second-order valence-corrected chi connectivity index (χ2v) is 4.57. The van der Waals surface area contributed by atoms with Crippen LogP contribution in [0.3, 0.4) is 0 Å². The van der Waals surface area contributed by atoms with Crippen LogP contribution in [-0.2, 0) is 10.3 Å². The van der Waals surface area contributed by atoms with E-state index in [2.05, 4.69) is 10.4 Å². The molecule has 1 rings (SSSR count). The summed E-state index contributed by atoms with van der Waals surface area (Å²) in [5.74, 6) is 0.564. The van der Waals surface area contributed by atoms with E-state index in [0.717, 1.165) is 6.42 Å². The lowest BCUT2D eigenvalue weighted by Crippen LogP contribution is -2.44. The predicted molar refractivity (Wildman–Crippen MR) is 76.6 cm³/mol. The maximum absolute atomic E-state index is 12.0. The molecule has 0 saturated heterocycles. The zero-order valence-corrected chi connectivity index (χ0v) is 12.5. The number of rotatable bonds is 7. The minimum atomic E-state index is -0.737. The summed E-state index contributed by atoms with van der Waals surface area (Å²) >= 11 is 0. The first kappa shape index (κ1) is 17.7. The summed E-state index contributed by atoms with van der Waals surface area (Å²) in [5, 5.41) is 7.02. The summed E-state index contributed by atoms with van der Waals surface area (Å²) in [6.45, 7) is 7.20. The Morgan fingerprint density at radius 2 is 2.26 bits per heavy atom. The van der Waals surface area contributed by atoms with Crippen LogP contribution < -0.4 is 15.8 Å². The predicted octanol–water partition coefficient (Wildman–Crippen LogP) is 0.904. The monoisotopic (exact) mass is 290 g/mol. The van der Waals surface area contributed by atoms with E-state index in [1.165, 1.54) is 0 Å². The molecule has 1 amide bonds. The van der Waals surface area contributed by atoms with Gasteiger partial charge in [0.15, 0.2) is 5.75 Å². The van der Waals surface area contributed by atoms with Crippen molar-refractivity contribution in [3.8, 4) is 5.75 Å². The maximum atomic E-state index is 12.0. The van der Waals surface area contributed by atoms with Gasteiger partial charge in [0.25, 0.3) is 0 Å². The highest BCUT2D eigenvalue weighted by atomic mass is 35.5. The smallest absolute Gasteiger partial charge is 0.247 e. The van der Waals surface area contributed by atoms with Gasteiger partial charge in [-0.05, 0) is 20.3 Å². The zero-order valence-electron chi connectivity index (χ0n) is 11.7. The van der Waals surface area contributed by atoms with E-state index < -0.39 is 5.54 Å². The van der Waals surface area contributed by atoms with Gasteiger partial charge in [-0.2, -0.15) is 5.10 Å². The summed E-state index contributed by atoms with van der Waals surface area (Å²) in [6.07, 6.45) is 4.21. The van der Waals surface area contributed by atoms with Gasteiger partial charge in [0, 0.05) is 13.1 Å². The summed E-state index contributed by atoms with van der Waals surface area (Å²) in [7, 11) is 0. The van der Waals surface area contributed by atoms with E-state index in [9.17, 15) is 4.79 Å². The minimum Gasteiger partial charge on any atom is -0.489 e. The molecule has 7 heteroatoms. The SMILES string of the molecule is CCCNC(=O)C(C)(C)n1cc(OCCN)cn1.Cl. The number of amides is 1. The first-order chi connectivity index (χ1) is 8.52. The Morgan fingerprint density at radius 3 is 2.84 bits per heavy atom. The lowest BCUT2D eigenvalue weighted by atomic mass is 10.1. The van der Waals surface area contributed by atoms with Gasteiger partial charge in [-0.15, -0.1) is 12.4 Å². The van der Waals surface area contributed by atoms with Gasteiger partial charge in [-0.1, -0.05) is 6.92 Å². The van der Waals surface area contributed by atoms with E-state index in [0.29, 0.717) is 25.4 Å². The van der Waals surface area contributed by atoms with Crippen molar-refractivity contribution in [2.75, 3.05) is 19.7 Å². The van der Waals surface area contributed by atoms with Crippen LogP contribution in [0.4, 0.5) is 0 Å². The largest absolute Gasteiger partial charge is 0.489 e. The third-order valence-electron chi connectivity index (χ3n) is 2.61. The Balaban J connectivity index is 0.00000324. The molecule has 6 nitrogen and oxygen atoms in total. The number of nitrogens with zero attached hydrogens (tertiary/aromatic N) is 2. The standard InChI is InChI=1S/C12H22N4O2.ClH/c1-4-6-14-11(17)12(2,3)16-9-10(8-15-16)18-7-5-13;/h8-9H,4-7,13H2,1-3H3,(H,14,17);1H. The van der Waals surface area contributed by atoms with E-state index in [-0.39, 0.29) is 18.3 Å².